The Labute approximate surface area is 120 Å². The molecule has 6 heteroatoms. The number of fused-ring (bicyclic) bond motifs is 1. The molecular formula is C13H12ClN3OS. The molecule has 1 aliphatic heterocycles. The average molecular weight is 294 g/mol. The minimum atomic E-state index is -0.122. The Bertz CT molecular complexity index is 628. The zero-order valence-corrected chi connectivity index (χ0v) is 11.9. The Morgan fingerprint density at radius 3 is 2.95 bits per heavy atom. The van der Waals surface area contributed by atoms with Gasteiger partial charge in [0.2, 0.25) is 9.47 Å². The first kappa shape index (κ1) is 12.6. The van der Waals surface area contributed by atoms with E-state index in [4.69, 9.17) is 11.6 Å². The second kappa shape index (κ2) is 4.90. The molecule has 1 amide bonds. The molecule has 1 atom stereocenters. The van der Waals surface area contributed by atoms with Gasteiger partial charge in [-0.15, -0.1) is 10.2 Å². The second-order valence-electron chi connectivity index (χ2n) is 4.71. The number of carbonyl (C=O) groups is 1. The van der Waals surface area contributed by atoms with E-state index in [-0.39, 0.29) is 5.91 Å². The number of rotatable bonds is 1. The van der Waals surface area contributed by atoms with Crippen molar-refractivity contribution in [3.8, 4) is 0 Å². The van der Waals surface area contributed by atoms with Crippen LogP contribution in [0.3, 0.4) is 0 Å². The molecule has 0 aliphatic carbocycles. The van der Waals surface area contributed by atoms with Crippen LogP contribution in [0.15, 0.2) is 24.3 Å². The molecule has 2 aromatic rings. The van der Waals surface area contributed by atoms with Gasteiger partial charge in [-0.2, -0.15) is 0 Å². The van der Waals surface area contributed by atoms with Crippen molar-refractivity contribution in [1.82, 2.24) is 10.2 Å². The highest BCUT2D eigenvalue weighted by Crippen LogP contribution is 2.31. The minimum Gasteiger partial charge on any atom is -0.306 e. The maximum atomic E-state index is 12.5. The van der Waals surface area contributed by atoms with Crippen LogP contribution in [0.25, 0.3) is 0 Å². The highest BCUT2D eigenvalue weighted by atomic mass is 35.5. The minimum absolute atomic E-state index is 0.122. The van der Waals surface area contributed by atoms with Gasteiger partial charge in [-0.05, 0) is 35.6 Å². The highest BCUT2D eigenvalue weighted by molar-refractivity contribution is 7.17. The number of anilines is 1. The maximum Gasteiger partial charge on any atom is 0.289 e. The zero-order valence-electron chi connectivity index (χ0n) is 10.3. The summed E-state index contributed by atoms with van der Waals surface area (Å²) in [6, 6.07) is 7.99. The number of benzene rings is 1. The first-order valence-electron chi connectivity index (χ1n) is 6.04. The van der Waals surface area contributed by atoms with E-state index < -0.39 is 0 Å². The Kier molecular flexibility index (Phi) is 3.24. The lowest BCUT2D eigenvalue weighted by atomic mass is 9.94. The van der Waals surface area contributed by atoms with E-state index >= 15 is 0 Å². The standard InChI is InChI=1S/C13H12ClN3OS/c1-8-6-9-4-2-3-5-10(9)17(7-8)12(18)11-15-16-13(14)19-11/h2-5,8H,6-7H2,1H3. The molecule has 1 unspecified atom stereocenters. The zero-order chi connectivity index (χ0) is 13.4. The van der Waals surface area contributed by atoms with Gasteiger partial charge in [0.25, 0.3) is 5.91 Å². The lowest BCUT2D eigenvalue weighted by Gasteiger charge is -2.32. The Hall–Kier alpha value is -1.46. The van der Waals surface area contributed by atoms with Gasteiger partial charge in [-0.25, -0.2) is 0 Å². The van der Waals surface area contributed by atoms with Gasteiger partial charge in [0.15, 0.2) is 0 Å². The monoisotopic (exact) mass is 293 g/mol. The molecule has 0 spiro atoms. The average Bonchev–Trinajstić information content (AvgIpc) is 2.83. The third-order valence-electron chi connectivity index (χ3n) is 3.17. The van der Waals surface area contributed by atoms with E-state index in [1.165, 1.54) is 5.56 Å². The van der Waals surface area contributed by atoms with Crippen molar-refractivity contribution in [3.05, 3.63) is 39.3 Å². The molecule has 1 aromatic carbocycles. The SMILES string of the molecule is CC1Cc2ccccc2N(C(=O)c2nnc(Cl)s2)C1. The van der Waals surface area contributed by atoms with E-state index in [1.807, 2.05) is 18.2 Å². The van der Waals surface area contributed by atoms with Crippen molar-refractivity contribution in [2.45, 2.75) is 13.3 Å². The molecular weight excluding hydrogens is 282 g/mol. The number of halogens is 1. The largest absolute Gasteiger partial charge is 0.306 e. The van der Waals surface area contributed by atoms with Crippen molar-refractivity contribution >= 4 is 34.5 Å². The predicted octanol–water partition coefficient (Wildman–Crippen LogP) is 3.03. The fraction of sp³-hybridized carbons (Fsp3) is 0.308. The van der Waals surface area contributed by atoms with Crippen molar-refractivity contribution < 1.29 is 4.79 Å². The van der Waals surface area contributed by atoms with Crippen LogP contribution in [0.2, 0.25) is 4.47 Å². The van der Waals surface area contributed by atoms with E-state index in [2.05, 4.69) is 23.2 Å². The summed E-state index contributed by atoms with van der Waals surface area (Å²) < 4.78 is 0.293. The smallest absolute Gasteiger partial charge is 0.289 e. The fourth-order valence-corrected chi connectivity index (χ4v) is 3.17. The summed E-state index contributed by atoms with van der Waals surface area (Å²) in [5.74, 6) is 0.311. The van der Waals surface area contributed by atoms with Crippen molar-refractivity contribution in [2.75, 3.05) is 11.4 Å². The Balaban J connectivity index is 1.99. The lowest BCUT2D eigenvalue weighted by Crippen LogP contribution is -2.39. The normalized spacial score (nSPS) is 18.2. The van der Waals surface area contributed by atoms with E-state index in [0.717, 1.165) is 23.4 Å². The van der Waals surface area contributed by atoms with Crippen LogP contribution >= 0.6 is 22.9 Å². The highest BCUT2D eigenvalue weighted by Gasteiger charge is 2.28. The van der Waals surface area contributed by atoms with E-state index in [0.29, 0.717) is 21.9 Å². The van der Waals surface area contributed by atoms with Crippen LogP contribution in [0.5, 0.6) is 0 Å². The van der Waals surface area contributed by atoms with Crippen LogP contribution in [0.1, 0.15) is 22.3 Å². The number of amides is 1. The summed E-state index contributed by atoms with van der Waals surface area (Å²) in [4.78, 5) is 14.3. The first-order valence-corrected chi connectivity index (χ1v) is 7.23. The molecule has 1 aromatic heterocycles. The molecule has 0 N–H and O–H groups in total. The number of hydrogen-bond acceptors (Lipinski definition) is 4. The molecule has 1 aliphatic rings. The number of carbonyl (C=O) groups excluding carboxylic acids is 1. The van der Waals surface area contributed by atoms with Crippen molar-refractivity contribution in [3.63, 3.8) is 0 Å². The van der Waals surface area contributed by atoms with Crippen LogP contribution in [0, 0.1) is 5.92 Å². The molecule has 0 bridgehead atoms. The lowest BCUT2D eigenvalue weighted by molar-refractivity contribution is 0.0980. The van der Waals surface area contributed by atoms with Gasteiger partial charge in [0.1, 0.15) is 0 Å². The maximum absolute atomic E-state index is 12.5. The van der Waals surface area contributed by atoms with Gasteiger partial charge in [0, 0.05) is 12.2 Å². The summed E-state index contributed by atoms with van der Waals surface area (Å²) in [7, 11) is 0. The molecule has 3 rings (SSSR count). The summed E-state index contributed by atoms with van der Waals surface area (Å²) >= 11 is 6.86. The Morgan fingerprint density at radius 2 is 2.21 bits per heavy atom. The summed E-state index contributed by atoms with van der Waals surface area (Å²) in [6.45, 7) is 2.84. The molecule has 0 fully saturated rings. The molecule has 0 saturated heterocycles. The third-order valence-corrected chi connectivity index (χ3v) is 4.18. The van der Waals surface area contributed by atoms with E-state index in [1.54, 1.807) is 4.90 Å². The van der Waals surface area contributed by atoms with Gasteiger partial charge < -0.3 is 4.90 Å². The summed E-state index contributed by atoms with van der Waals surface area (Å²) in [6.07, 6.45) is 0.997. The number of hydrogen-bond donors (Lipinski definition) is 0. The Morgan fingerprint density at radius 1 is 1.42 bits per heavy atom. The molecule has 0 saturated carbocycles. The van der Waals surface area contributed by atoms with Gasteiger partial charge >= 0.3 is 0 Å². The van der Waals surface area contributed by atoms with Gasteiger partial charge in [0.05, 0.1) is 0 Å². The fourth-order valence-electron chi connectivity index (χ4n) is 2.40. The number of nitrogens with zero attached hydrogens (tertiary/aromatic N) is 3. The van der Waals surface area contributed by atoms with E-state index in [9.17, 15) is 4.79 Å². The third kappa shape index (κ3) is 2.35. The van der Waals surface area contributed by atoms with Crippen LogP contribution in [-0.2, 0) is 6.42 Å². The topological polar surface area (TPSA) is 46.1 Å². The second-order valence-corrected chi connectivity index (χ2v) is 6.27. The summed E-state index contributed by atoms with van der Waals surface area (Å²) in [5, 5.41) is 7.87. The van der Waals surface area contributed by atoms with Crippen LogP contribution in [-0.4, -0.2) is 22.6 Å². The molecule has 2 heterocycles. The predicted molar refractivity (Wildman–Crippen MR) is 75.9 cm³/mol. The van der Waals surface area contributed by atoms with Crippen molar-refractivity contribution in [1.29, 1.82) is 0 Å². The quantitative estimate of drug-likeness (QED) is 0.812. The van der Waals surface area contributed by atoms with Gasteiger partial charge in [-0.3, -0.25) is 4.79 Å². The number of para-hydroxylation sites is 1. The number of aromatic nitrogens is 2. The molecule has 4 nitrogen and oxygen atoms in total. The van der Waals surface area contributed by atoms with Crippen molar-refractivity contribution in [2.24, 2.45) is 5.92 Å². The summed E-state index contributed by atoms with van der Waals surface area (Å²) in [5.41, 5.74) is 2.17. The molecule has 98 valence electrons. The molecule has 19 heavy (non-hydrogen) atoms. The first-order chi connectivity index (χ1) is 9.15. The van der Waals surface area contributed by atoms with Gasteiger partial charge in [-0.1, -0.05) is 36.5 Å². The van der Waals surface area contributed by atoms with Crippen LogP contribution in [0.4, 0.5) is 5.69 Å². The van der Waals surface area contributed by atoms with Crippen LogP contribution < -0.4 is 4.90 Å². The molecule has 0 radical (unpaired) electrons.